The largest absolute Gasteiger partial charge is 0.423 e. The van der Waals surface area contributed by atoms with Crippen molar-refractivity contribution in [3.8, 4) is 17.2 Å². The van der Waals surface area contributed by atoms with Crippen LogP contribution in [0.3, 0.4) is 0 Å². The van der Waals surface area contributed by atoms with E-state index in [9.17, 15) is 14.4 Å². The molecule has 218 valence electrons. The van der Waals surface area contributed by atoms with Gasteiger partial charge in [-0.3, -0.25) is 0 Å². The fraction of sp³-hybridized carbons (Fsp3) is 0.414. The molecule has 3 heterocycles. The van der Waals surface area contributed by atoms with Gasteiger partial charge in [0.25, 0.3) is 18.9 Å². The number of hydrogen-bond donors (Lipinski definition) is 0. The van der Waals surface area contributed by atoms with E-state index in [4.69, 9.17) is 42.6 Å². The Bertz CT molecular complexity index is 1170. The fourth-order valence-electron chi connectivity index (χ4n) is 4.01. The minimum Gasteiger partial charge on any atom is -0.423 e. The zero-order valence-electron chi connectivity index (χ0n) is 22.2. The number of carbonyl (C=O) groups excluding carboxylic acids is 3. The van der Waals surface area contributed by atoms with E-state index in [1.807, 2.05) is 0 Å². The normalized spacial score (nSPS) is 19.1. The predicted molar refractivity (Wildman–Crippen MR) is 140 cm³/mol. The quantitative estimate of drug-likeness (QED) is 0.262. The molecule has 0 amide bonds. The lowest BCUT2D eigenvalue weighted by Crippen LogP contribution is -2.36. The SMILES string of the molecule is O=C(Oc1ccc(/C=C/c2cc(OC(=O)C3OCCCO3)cc(OC(=O)C3OCCCO3)c2)cc1)C1OCCCO1. The van der Waals surface area contributed by atoms with E-state index >= 15 is 0 Å². The van der Waals surface area contributed by atoms with Gasteiger partial charge in [-0.1, -0.05) is 24.3 Å². The second kappa shape index (κ2) is 14.3. The van der Waals surface area contributed by atoms with Crippen LogP contribution in [0.25, 0.3) is 12.2 Å². The second-order valence-corrected chi connectivity index (χ2v) is 9.18. The van der Waals surface area contributed by atoms with Crippen molar-refractivity contribution in [1.82, 2.24) is 0 Å². The van der Waals surface area contributed by atoms with E-state index in [1.165, 1.54) is 6.07 Å². The number of esters is 3. The molecule has 2 aromatic rings. The molecule has 12 nitrogen and oxygen atoms in total. The monoisotopic (exact) mass is 570 g/mol. The molecule has 3 aliphatic heterocycles. The lowest BCUT2D eigenvalue weighted by atomic mass is 10.1. The van der Waals surface area contributed by atoms with Crippen LogP contribution in [0.5, 0.6) is 17.2 Å². The third-order valence-electron chi connectivity index (χ3n) is 5.96. The van der Waals surface area contributed by atoms with Crippen LogP contribution in [-0.2, 0) is 42.8 Å². The van der Waals surface area contributed by atoms with Gasteiger partial charge in [0.1, 0.15) is 17.2 Å². The molecule has 0 aromatic heterocycles. The highest BCUT2D eigenvalue weighted by molar-refractivity contribution is 5.79. The first-order chi connectivity index (χ1) is 20.0. The Kier molecular flexibility index (Phi) is 10.1. The zero-order valence-corrected chi connectivity index (χ0v) is 22.2. The minimum absolute atomic E-state index is 0.123. The number of rotatable bonds is 8. The molecule has 3 saturated heterocycles. The van der Waals surface area contributed by atoms with Gasteiger partial charge in [0.05, 0.1) is 39.6 Å². The Morgan fingerprint density at radius 3 is 1.29 bits per heavy atom. The molecule has 12 heteroatoms. The van der Waals surface area contributed by atoms with Crippen LogP contribution in [-0.4, -0.2) is 76.4 Å². The Hall–Kier alpha value is -3.65. The van der Waals surface area contributed by atoms with E-state index in [1.54, 1.807) is 48.6 Å². The van der Waals surface area contributed by atoms with Crippen molar-refractivity contribution in [3.05, 3.63) is 53.6 Å². The average Bonchev–Trinajstić information content (AvgIpc) is 3.02. The number of carbonyl (C=O) groups is 3. The molecule has 5 rings (SSSR count). The standard InChI is InChI=1S/C29H30O12/c30-24(27-33-10-1-11-34-27)39-21-8-6-19(7-9-21)4-5-20-16-22(40-25(31)28-35-12-2-13-36-28)18-23(17-20)41-26(32)29-37-14-3-15-38-29/h4-9,16-18,27-29H,1-3,10-15H2/b5-4+. The summed E-state index contributed by atoms with van der Waals surface area (Å²) in [5, 5.41) is 0. The van der Waals surface area contributed by atoms with Gasteiger partial charge in [-0.15, -0.1) is 0 Å². The lowest BCUT2D eigenvalue weighted by Gasteiger charge is -2.22. The van der Waals surface area contributed by atoms with Gasteiger partial charge in [-0.25, -0.2) is 14.4 Å². The third-order valence-corrected chi connectivity index (χ3v) is 5.96. The third kappa shape index (κ3) is 8.43. The van der Waals surface area contributed by atoms with Crippen molar-refractivity contribution in [2.24, 2.45) is 0 Å². The molecule has 0 radical (unpaired) electrons. The van der Waals surface area contributed by atoms with Crippen molar-refractivity contribution in [2.45, 2.75) is 38.1 Å². The molecular formula is C29H30O12. The summed E-state index contributed by atoms with van der Waals surface area (Å²) in [6, 6.07) is 11.4. The van der Waals surface area contributed by atoms with Gasteiger partial charge < -0.3 is 42.6 Å². The Morgan fingerprint density at radius 1 is 0.512 bits per heavy atom. The molecule has 0 spiro atoms. The van der Waals surface area contributed by atoms with Crippen LogP contribution in [0.4, 0.5) is 0 Å². The molecule has 0 unspecified atom stereocenters. The Morgan fingerprint density at radius 2 is 0.878 bits per heavy atom. The number of ether oxygens (including phenoxy) is 9. The first kappa shape index (κ1) is 28.9. The summed E-state index contributed by atoms with van der Waals surface area (Å²) in [5.74, 6) is -1.48. The number of hydrogen-bond acceptors (Lipinski definition) is 12. The summed E-state index contributed by atoms with van der Waals surface area (Å²) < 4.78 is 48.1. The van der Waals surface area contributed by atoms with Crippen molar-refractivity contribution < 1.29 is 57.0 Å². The van der Waals surface area contributed by atoms with Gasteiger partial charge in [0.15, 0.2) is 0 Å². The average molecular weight is 571 g/mol. The summed E-state index contributed by atoms with van der Waals surface area (Å²) in [6.07, 6.45) is 2.31. The van der Waals surface area contributed by atoms with Crippen molar-refractivity contribution in [2.75, 3.05) is 39.6 Å². The first-order valence-electron chi connectivity index (χ1n) is 13.3. The van der Waals surface area contributed by atoms with E-state index in [0.717, 1.165) is 12.0 Å². The van der Waals surface area contributed by atoms with E-state index in [0.29, 0.717) is 63.8 Å². The van der Waals surface area contributed by atoms with Crippen LogP contribution in [0, 0.1) is 0 Å². The molecule has 3 aliphatic rings. The van der Waals surface area contributed by atoms with Crippen LogP contribution in [0.1, 0.15) is 30.4 Å². The molecule has 0 saturated carbocycles. The van der Waals surface area contributed by atoms with E-state index in [-0.39, 0.29) is 11.5 Å². The van der Waals surface area contributed by atoms with Crippen LogP contribution >= 0.6 is 0 Å². The molecule has 3 fully saturated rings. The summed E-state index contributed by atoms with van der Waals surface area (Å²) in [4.78, 5) is 37.3. The summed E-state index contributed by atoms with van der Waals surface area (Å²) in [7, 11) is 0. The maximum atomic E-state index is 12.6. The second-order valence-electron chi connectivity index (χ2n) is 9.18. The first-order valence-corrected chi connectivity index (χ1v) is 13.3. The van der Waals surface area contributed by atoms with E-state index < -0.39 is 36.8 Å². The van der Waals surface area contributed by atoms with Gasteiger partial charge in [-0.05, 0) is 54.7 Å². The van der Waals surface area contributed by atoms with E-state index in [2.05, 4.69) is 0 Å². The highest BCUT2D eigenvalue weighted by atomic mass is 16.7. The molecule has 0 bridgehead atoms. The lowest BCUT2D eigenvalue weighted by molar-refractivity contribution is -0.203. The molecule has 0 N–H and O–H groups in total. The maximum Gasteiger partial charge on any atom is 0.368 e. The molecule has 0 atom stereocenters. The predicted octanol–water partition coefficient (Wildman–Crippen LogP) is 2.86. The summed E-state index contributed by atoms with van der Waals surface area (Å²) in [5.41, 5.74) is 1.35. The van der Waals surface area contributed by atoms with Gasteiger partial charge >= 0.3 is 17.9 Å². The highest BCUT2D eigenvalue weighted by Gasteiger charge is 2.28. The highest BCUT2D eigenvalue weighted by Crippen LogP contribution is 2.27. The van der Waals surface area contributed by atoms with Crippen molar-refractivity contribution in [1.29, 1.82) is 0 Å². The fourth-order valence-corrected chi connectivity index (χ4v) is 4.01. The summed E-state index contributed by atoms with van der Waals surface area (Å²) in [6.45, 7) is 2.41. The topological polar surface area (TPSA) is 134 Å². The van der Waals surface area contributed by atoms with Crippen LogP contribution in [0.15, 0.2) is 42.5 Å². The minimum atomic E-state index is -1.14. The van der Waals surface area contributed by atoms with Crippen LogP contribution < -0.4 is 14.2 Å². The number of benzene rings is 2. The molecular weight excluding hydrogens is 540 g/mol. The zero-order chi connectivity index (χ0) is 28.4. The molecule has 2 aromatic carbocycles. The van der Waals surface area contributed by atoms with Crippen molar-refractivity contribution in [3.63, 3.8) is 0 Å². The summed E-state index contributed by atoms with van der Waals surface area (Å²) >= 11 is 0. The van der Waals surface area contributed by atoms with Gasteiger partial charge in [0, 0.05) is 6.07 Å². The maximum absolute atomic E-state index is 12.6. The van der Waals surface area contributed by atoms with Crippen molar-refractivity contribution >= 4 is 30.1 Å². The Labute approximate surface area is 235 Å². The molecule has 41 heavy (non-hydrogen) atoms. The van der Waals surface area contributed by atoms with Gasteiger partial charge in [0.2, 0.25) is 0 Å². The van der Waals surface area contributed by atoms with Crippen LogP contribution in [0.2, 0.25) is 0 Å². The Balaban J connectivity index is 1.28. The molecule has 0 aliphatic carbocycles. The smallest absolute Gasteiger partial charge is 0.368 e. The van der Waals surface area contributed by atoms with Gasteiger partial charge in [-0.2, -0.15) is 0 Å².